The van der Waals surface area contributed by atoms with Gasteiger partial charge in [0.2, 0.25) is 0 Å². The van der Waals surface area contributed by atoms with Crippen LogP contribution in [0.4, 0.5) is 5.82 Å². The largest absolute Gasteiger partial charge is 0.374 e. The molecule has 1 aromatic heterocycles. The highest BCUT2D eigenvalue weighted by Crippen LogP contribution is 2.33. The molecule has 1 saturated carbocycles. The van der Waals surface area contributed by atoms with Gasteiger partial charge in [-0.15, -0.1) is 0 Å². The standard InChI is InChI=1S/C13H21N3O/c1-3-17-9-13-15-11(8-12(14-2)16-13)10-6-4-5-7-10/h8,10H,3-7,9H2,1-2H3,(H,14,15,16). The van der Waals surface area contributed by atoms with Crippen LogP contribution < -0.4 is 5.32 Å². The molecule has 1 heterocycles. The molecule has 0 saturated heterocycles. The van der Waals surface area contributed by atoms with Gasteiger partial charge in [-0.2, -0.15) is 0 Å². The number of nitrogens with one attached hydrogen (secondary N) is 1. The summed E-state index contributed by atoms with van der Waals surface area (Å²) in [6, 6.07) is 2.07. The van der Waals surface area contributed by atoms with E-state index in [4.69, 9.17) is 4.74 Å². The molecule has 1 fully saturated rings. The van der Waals surface area contributed by atoms with Crippen molar-refractivity contribution in [3.05, 3.63) is 17.6 Å². The van der Waals surface area contributed by atoms with Crippen LogP contribution in [0.5, 0.6) is 0 Å². The van der Waals surface area contributed by atoms with E-state index in [9.17, 15) is 0 Å². The first-order chi connectivity index (χ1) is 8.33. The number of hydrogen-bond donors (Lipinski definition) is 1. The van der Waals surface area contributed by atoms with E-state index < -0.39 is 0 Å². The predicted molar refractivity (Wildman–Crippen MR) is 68.1 cm³/mol. The van der Waals surface area contributed by atoms with Crippen molar-refractivity contribution < 1.29 is 4.74 Å². The average molecular weight is 235 g/mol. The fourth-order valence-corrected chi connectivity index (χ4v) is 2.33. The summed E-state index contributed by atoms with van der Waals surface area (Å²) in [6.07, 6.45) is 5.16. The third-order valence-corrected chi connectivity index (χ3v) is 3.26. The zero-order valence-electron chi connectivity index (χ0n) is 10.7. The van der Waals surface area contributed by atoms with Gasteiger partial charge in [-0.25, -0.2) is 9.97 Å². The summed E-state index contributed by atoms with van der Waals surface area (Å²) >= 11 is 0. The van der Waals surface area contributed by atoms with Crippen LogP contribution >= 0.6 is 0 Å². The van der Waals surface area contributed by atoms with Crippen LogP contribution in [-0.2, 0) is 11.3 Å². The maximum Gasteiger partial charge on any atom is 0.156 e. The summed E-state index contributed by atoms with van der Waals surface area (Å²) in [5.41, 5.74) is 1.18. The van der Waals surface area contributed by atoms with Gasteiger partial charge in [0, 0.05) is 31.3 Å². The minimum Gasteiger partial charge on any atom is -0.374 e. The highest BCUT2D eigenvalue weighted by Gasteiger charge is 2.19. The highest BCUT2D eigenvalue weighted by atomic mass is 16.5. The third-order valence-electron chi connectivity index (χ3n) is 3.26. The van der Waals surface area contributed by atoms with E-state index in [0.29, 0.717) is 19.1 Å². The van der Waals surface area contributed by atoms with Crippen LogP contribution in [0.25, 0.3) is 0 Å². The summed E-state index contributed by atoms with van der Waals surface area (Å²) in [7, 11) is 1.89. The fourth-order valence-electron chi connectivity index (χ4n) is 2.33. The number of ether oxygens (including phenoxy) is 1. The summed E-state index contributed by atoms with van der Waals surface area (Å²) in [4.78, 5) is 9.04. The second kappa shape index (κ2) is 5.96. The van der Waals surface area contributed by atoms with Gasteiger partial charge < -0.3 is 10.1 Å². The van der Waals surface area contributed by atoms with Gasteiger partial charge in [0.05, 0.1) is 0 Å². The van der Waals surface area contributed by atoms with E-state index in [-0.39, 0.29) is 0 Å². The molecule has 94 valence electrons. The summed E-state index contributed by atoms with van der Waals surface area (Å²) in [5, 5.41) is 3.10. The van der Waals surface area contributed by atoms with E-state index >= 15 is 0 Å². The molecule has 0 spiro atoms. The van der Waals surface area contributed by atoms with E-state index in [0.717, 1.165) is 11.6 Å². The Kier molecular flexibility index (Phi) is 4.31. The van der Waals surface area contributed by atoms with Crippen molar-refractivity contribution in [3.8, 4) is 0 Å². The summed E-state index contributed by atoms with van der Waals surface area (Å²) < 4.78 is 5.38. The number of hydrogen-bond acceptors (Lipinski definition) is 4. The molecule has 1 aliphatic carbocycles. The van der Waals surface area contributed by atoms with Crippen LogP contribution in [0, 0.1) is 0 Å². The fraction of sp³-hybridized carbons (Fsp3) is 0.692. The van der Waals surface area contributed by atoms with Gasteiger partial charge in [0.1, 0.15) is 12.4 Å². The first-order valence-electron chi connectivity index (χ1n) is 6.46. The van der Waals surface area contributed by atoms with Crippen molar-refractivity contribution in [3.63, 3.8) is 0 Å². The normalized spacial score (nSPS) is 16.4. The lowest BCUT2D eigenvalue weighted by Gasteiger charge is -2.12. The van der Waals surface area contributed by atoms with Gasteiger partial charge in [-0.05, 0) is 19.8 Å². The molecular weight excluding hydrogens is 214 g/mol. The summed E-state index contributed by atoms with van der Waals surface area (Å²) in [5.74, 6) is 2.31. The van der Waals surface area contributed by atoms with E-state index in [1.54, 1.807) is 0 Å². The second-order valence-corrected chi connectivity index (χ2v) is 4.46. The quantitative estimate of drug-likeness (QED) is 0.852. The van der Waals surface area contributed by atoms with E-state index in [2.05, 4.69) is 21.4 Å². The van der Waals surface area contributed by atoms with Crippen molar-refractivity contribution >= 4 is 5.82 Å². The van der Waals surface area contributed by atoms with E-state index in [1.807, 2.05) is 14.0 Å². The first-order valence-corrected chi connectivity index (χ1v) is 6.46. The zero-order chi connectivity index (χ0) is 12.1. The van der Waals surface area contributed by atoms with Gasteiger partial charge in [0.25, 0.3) is 0 Å². The van der Waals surface area contributed by atoms with Gasteiger partial charge in [0.15, 0.2) is 5.82 Å². The smallest absolute Gasteiger partial charge is 0.156 e. The Bertz CT molecular complexity index is 362. The maximum atomic E-state index is 5.38. The highest BCUT2D eigenvalue weighted by molar-refractivity contribution is 5.36. The molecule has 1 aliphatic rings. The number of rotatable bonds is 5. The monoisotopic (exact) mass is 235 g/mol. The molecule has 1 aromatic rings. The van der Waals surface area contributed by atoms with Crippen LogP contribution in [0.15, 0.2) is 6.07 Å². The topological polar surface area (TPSA) is 47.0 Å². The summed E-state index contributed by atoms with van der Waals surface area (Å²) in [6.45, 7) is 3.19. The number of nitrogens with zero attached hydrogens (tertiary/aromatic N) is 2. The van der Waals surface area contributed by atoms with Crippen LogP contribution in [0.2, 0.25) is 0 Å². The Morgan fingerprint density at radius 2 is 2.12 bits per heavy atom. The lowest BCUT2D eigenvalue weighted by atomic mass is 10.0. The molecule has 4 nitrogen and oxygen atoms in total. The number of aromatic nitrogens is 2. The Hall–Kier alpha value is -1.16. The Morgan fingerprint density at radius 1 is 1.35 bits per heavy atom. The molecule has 0 aromatic carbocycles. The Morgan fingerprint density at radius 3 is 2.76 bits per heavy atom. The molecule has 2 rings (SSSR count). The molecule has 0 radical (unpaired) electrons. The Labute approximate surface area is 103 Å². The molecular formula is C13H21N3O. The van der Waals surface area contributed by atoms with E-state index in [1.165, 1.54) is 31.4 Å². The Balaban J connectivity index is 2.18. The minimum absolute atomic E-state index is 0.506. The molecule has 4 heteroatoms. The molecule has 0 unspecified atom stereocenters. The molecule has 0 atom stereocenters. The van der Waals surface area contributed by atoms with Crippen LogP contribution in [-0.4, -0.2) is 23.6 Å². The predicted octanol–water partition coefficient (Wildman–Crippen LogP) is 2.71. The van der Waals surface area contributed by atoms with Gasteiger partial charge in [-0.3, -0.25) is 0 Å². The third kappa shape index (κ3) is 3.16. The molecule has 17 heavy (non-hydrogen) atoms. The maximum absolute atomic E-state index is 5.38. The van der Waals surface area contributed by atoms with Crippen molar-refractivity contribution in [1.29, 1.82) is 0 Å². The second-order valence-electron chi connectivity index (χ2n) is 4.46. The molecule has 0 amide bonds. The van der Waals surface area contributed by atoms with Crippen molar-refractivity contribution in [2.24, 2.45) is 0 Å². The van der Waals surface area contributed by atoms with Crippen molar-refractivity contribution in [1.82, 2.24) is 9.97 Å². The van der Waals surface area contributed by atoms with Crippen LogP contribution in [0.3, 0.4) is 0 Å². The lowest BCUT2D eigenvalue weighted by Crippen LogP contribution is -2.07. The lowest BCUT2D eigenvalue weighted by molar-refractivity contribution is 0.128. The minimum atomic E-state index is 0.506. The average Bonchev–Trinajstić information content (AvgIpc) is 2.89. The van der Waals surface area contributed by atoms with Crippen molar-refractivity contribution in [2.45, 2.75) is 45.1 Å². The molecule has 0 aliphatic heterocycles. The number of anilines is 1. The molecule has 1 N–H and O–H groups in total. The molecule has 0 bridgehead atoms. The van der Waals surface area contributed by atoms with Gasteiger partial charge in [-0.1, -0.05) is 12.8 Å². The SMILES string of the molecule is CCOCc1nc(NC)cc(C2CCCC2)n1. The zero-order valence-corrected chi connectivity index (χ0v) is 10.7. The van der Waals surface area contributed by atoms with Crippen molar-refractivity contribution in [2.75, 3.05) is 19.0 Å². The van der Waals surface area contributed by atoms with Gasteiger partial charge >= 0.3 is 0 Å². The van der Waals surface area contributed by atoms with Crippen LogP contribution in [0.1, 0.15) is 50.0 Å². The first kappa shape index (κ1) is 12.3.